The van der Waals surface area contributed by atoms with Gasteiger partial charge in [-0.3, -0.25) is 19.4 Å². The highest BCUT2D eigenvalue weighted by molar-refractivity contribution is 7.81. The molecule has 1 aromatic carbocycles. The van der Waals surface area contributed by atoms with Crippen molar-refractivity contribution in [2.75, 3.05) is 36.6 Å². The summed E-state index contributed by atoms with van der Waals surface area (Å²) in [4.78, 5) is 46.6. The van der Waals surface area contributed by atoms with Crippen LogP contribution in [0.2, 0.25) is 0 Å². The van der Waals surface area contributed by atoms with E-state index in [4.69, 9.17) is 38.6 Å². The molecular weight excluding hydrogens is 711 g/mol. The van der Waals surface area contributed by atoms with Crippen molar-refractivity contribution in [3.05, 3.63) is 47.3 Å². The number of rotatable bonds is 12. The van der Waals surface area contributed by atoms with Gasteiger partial charge in [-0.25, -0.2) is 9.78 Å². The van der Waals surface area contributed by atoms with E-state index in [9.17, 15) is 27.6 Å². The Morgan fingerprint density at radius 2 is 1.84 bits per heavy atom. The SMILES string of the molecule is CCc1cc(N2C(=S)N(c3cnc(C#N)c(C(F)(F)F)c3)C(=O)C2(C)C)ccc1OCCC1CCN(C(C)C(=O)OC(Cl)(CC)C(=O)OC)CC1. The van der Waals surface area contributed by atoms with Crippen molar-refractivity contribution in [3.8, 4) is 11.8 Å². The molecule has 0 aliphatic carbocycles. The number of carbonyl (C=O) groups excluding carboxylic acids is 3. The van der Waals surface area contributed by atoms with Gasteiger partial charge in [0.05, 0.1) is 31.2 Å². The summed E-state index contributed by atoms with van der Waals surface area (Å²) in [6.07, 6.45) is -0.697. The number of likely N-dealkylation sites (tertiary alicyclic amines) is 1. The van der Waals surface area contributed by atoms with Crippen molar-refractivity contribution in [1.29, 1.82) is 5.26 Å². The number of anilines is 2. The Kier molecular flexibility index (Phi) is 12.3. The van der Waals surface area contributed by atoms with Gasteiger partial charge in [0.1, 0.15) is 23.4 Å². The fourth-order valence-electron chi connectivity index (χ4n) is 6.23. The van der Waals surface area contributed by atoms with Crippen molar-refractivity contribution >= 4 is 58.2 Å². The van der Waals surface area contributed by atoms with E-state index in [1.165, 1.54) is 13.2 Å². The lowest BCUT2D eigenvalue weighted by Gasteiger charge is -2.36. The third-order valence-electron chi connectivity index (χ3n) is 9.42. The Labute approximate surface area is 305 Å². The number of alkyl halides is 4. The molecule has 0 saturated carbocycles. The number of piperidine rings is 1. The van der Waals surface area contributed by atoms with Crippen LogP contribution in [0.5, 0.6) is 5.75 Å². The highest BCUT2D eigenvalue weighted by Crippen LogP contribution is 2.40. The van der Waals surface area contributed by atoms with E-state index < -0.39 is 51.9 Å². The Morgan fingerprint density at radius 1 is 1.18 bits per heavy atom. The molecule has 3 heterocycles. The number of halogens is 4. The fraction of sp³-hybridized carbons (Fsp3) is 0.543. The molecule has 2 saturated heterocycles. The van der Waals surface area contributed by atoms with Gasteiger partial charge in [-0.05, 0) is 108 Å². The van der Waals surface area contributed by atoms with Crippen LogP contribution in [0.1, 0.15) is 77.1 Å². The van der Waals surface area contributed by atoms with Gasteiger partial charge in [0, 0.05) is 12.1 Å². The molecule has 51 heavy (non-hydrogen) atoms. The average molecular weight is 752 g/mol. The van der Waals surface area contributed by atoms with Crippen LogP contribution < -0.4 is 14.5 Å². The molecule has 16 heteroatoms. The number of hydrogen-bond acceptors (Lipinski definition) is 10. The normalized spacial score (nSPS) is 18.6. The summed E-state index contributed by atoms with van der Waals surface area (Å²) in [6.45, 7) is 10.3. The molecule has 4 rings (SSSR count). The number of ether oxygens (including phenoxy) is 3. The molecule has 2 aliphatic rings. The van der Waals surface area contributed by atoms with Gasteiger partial charge < -0.3 is 19.1 Å². The first-order valence-electron chi connectivity index (χ1n) is 16.6. The van der Waals surface area contributed by atoms with Crippen molar-refractivity contribution in [2.24, 2.45) is 5.92 Å². The number of thiocarbonyl (C=S) groups is 1. The van der Waals surface area contributed by atoms with Crippen molar-refractivity contribution in [2.45, 2.75) is 89.5 Å². The predicted octanol–water partition coefficient (Wildman–Crippen LogP) is 6.38. The first-order valence-corrected chi connectivity index (χ1v) is 17.4. The third kappa shape index (κ3) is 8.23. The zero-order chi connectivity index (χ0) is 37.9. The number of pyridine rings is 1. The zero-order valence-electron chi connectivity index (χ0n) is 29.3. The Balaban J connectivity index is 1.39. The number of aryl methyl sites for hydroxylation is 1. The van der Waals surface area contributed by atoms with Crippen molar-refractivity contribution in [1.82, 2.24) is 9.88 Å². The van der Waals surface area contributed by atoms with Gasteiger partial charge in [-0.15, -0.1) is 0 Å². The number of aromatic nitrogens is 1. The minimum Gasteiger partial charge on any atom is -0.493 e. The molecule has 2 aromatic rings. The number of benzene rings is 1. The molecule has 0 N–H and O–H groups in total. The van der Waals surface area contributed by atoms with Crippen molar-refractivity contribution < 1.29 is 41.8 Å². The first-order chi connectivity index (χ1) is 23.9. The summed E-state index contributed by atoms with van der Waals surface area (Å²) in [5.41, 5.74) is -2.06. The average Bonchev–Trinajstić information content (AvgIpc) is 3.28. The largest absolute Gasteiger partial charge is 0.493 e. The van der Waals surface area contributed by atoms with Crippen LogP contribution in [0.15, 0.2) is 30.5 Å². The second-order valence-corrected chi connectivity index (χ2v) is 13.9. The monoisotopic (exact) mass is 751 g/mol. The van der Waals surface area contributed by atoms with E-state index >= 15 is 0 Å². The second-order valence-electron chi connectivity index (χ2n) is 12.9. The molecule has 0 bridgehead atoms. The lowest BCUT2D eigenvalue weighted by Crippen LogP contribution is -2.48. The van der Waals surface area contributed by atoms with Crippen LogP contribution in [-0.4, -0.2) is 76.3 Å². The maximum Gasteiger partial charge on any atom is 0.419 e. The topological polar surface area (TPSA) is 125 Å². The summed E-state index contributed by atoms with van der Waals surface area (Å²) in [5, 5.41) is 7.26. The molecule has 1 aromatic heterocycles. The molecular formula is C35H41ClF3N5O6S. The van der Waals surface area contributed by atoms with Crippen LogP contribution in [0.3, 0.4) is 0 Å². The number of methoxy groups -OCH3 is 1. The van der Waals surface area contributed by atoms with Crippen LogP contribution in [0, 0.1) is 17.2 Å². The van der Waals surface area contributed by atoms with Gasteiger partial charge in [-0.1, -0.05) is 25.4 Å². The quantitative estimate of drug-likeness (QED) is 0.136. The summed E-state index contributed by atoms with van der Waals surface area (Å²) >= 11 is 11.9. The minimum absolute atomic E-state index is 0.0231. The Morgan fingerprint density at radius 3 is 2.41 bits per heavy atom. The van der Waals surface area contributed by atoms with Gasteiger partial charge in [-0.2, -0.15) is 18.4 Å². The van der Waals surface area contributed by atoms with E-state index in [1.54, 1.807) is 44.7 Å². The number of amides is 1. The Hall–Kier alpha value is -4.00. The molecule has 1 amide bonds. The minimum atomic E-state index is -4.85. The van der Waals surface area contributed by atoms with Crippen LogP contribution in [0.4, 0.5) is 24.5 Å². The summed E-state index contributed by atoms with van der Waals surface area (Å²) in [7, 11) is 1.18. The number of nitrogens with zero attached hydrogens (tertiary/aromatic N) is 5. The standard InChI is InChI=1S/C35H41ClF3N5O6S/c1-7-23-17-24(44-32(51)43(30(46)33(44,4)5)25-18-26(35(37,38)39)27(19-40)41-20-25)9-10-28(23)49-16-13-22-11-14-42(15-12-22)21(3)29(45)50-34(36,8-2)31(47)48-6/h9-10,17-18,20-22H,7-8,11-16H2,1-6H3. The van der Waals surface area contributed by atoms with Crippen molar-refractivity contribution in [3.63, 3.8) is 0 Å². The Bertz CT molecular complexity index is 1710. The van der Waals surface area contributed by atoms with Gasteiger partial charge in [0.2, 0.25) is 0 Å². The van der Waals surface area contributed by atoms with Gasteiger partial charge >= 0.3 is 18.1 Å². The summed E-state index contributed by atoms with van der Waals surface area (Å²) in [5.74, 6) is -0.927. The number of carbonyl (C=O) groups is 3. The lowest BCUT2D eigenvalue weighted by atomic mass is 9.93. The zero-order valence-corrected chi connectivity index (χ0v) is 30.9. The number of esters is 2. The third-order valence-corrected chi connectivity index (χ3v) is 10.3. The molecule has 11 nitrogen and oxygen atoms in total. The molecule has 2 atom stereocenters. The highest BCUT2D eigenvalue weighted by Gasteiger charge is 2.51. The van der Waals surface area contributed by atoms with Gasteiger partial charge in [0.15, 0.2) is 10.8 Å². The molecule has 0 radical (unpaired) electrons. The van der Waals surface area contributed by atoms with Gasteiger partial charge in [0.25, 0.3) is 11.0 Å². The fourth-order valence-corrected chi connectivity index (χ4v) is 6.90. The van der Waals surface area contributed by atoms with E-state index in [-0.39, 0.29) is 17.2 Å². The summed E-state index contributed by atoms with van der Waals surface area (Å²) < 4.78 is 57.3. The molecule has 2 fully saturated rings. The number of nitriles is 1. The second kappa shape index (κ2) is 15.7. The lowest BCUT2D eigenvalue weighted by molar-refractivity contribution is -0.174. The van der Waals surface area contributed by atoms with E-state index in [2.05, 4.69) is 9.72 Å². The van der Waals surface area contributed by atoms with E-state index in [0.717, 1.165) is 35.9 Å². The van der Waals surface area contributed by atoms with Crippen LogP contribution >= 0.6 is 23.8 Å². The highest BCUT2D eigenvalue weighted by atomic mass is 35.5. The smallest absolute Gasteiger partial charge is 0.419 e. The predicted molar refractivity (Wildman–Crippen MR) is 187 cm³/mol. The maximum atomic E-state index is 13.7. The first kappa shape index (κ1) is 39.8. The molecule has 276 valence electrons. The van der Waals surface area contributed by atoms with Crippen LogP contribution in [-0.2, 0) is 36.5 Å². The number of hydrogen-bond donors (Lipinski definition) is 0. The molecule has 2 aliphatic heterocycles. The van der Waals surface area contributed by atoms with E-state index in [1.807, 2.05) is 17.9 Å². The summed E-state index contributed by atoms with van der Waals surface area (Å²) in [6, 6.07) is 6.97. The molecule has 2 unspecified atom stereocenters. The maximum absolute atomic E-state index is 13.7. The van der Waals surface area contributed by atoms with Crippen LogP contribution in [0.25, 0.3) is 0 Å². The molecule has 0 spiro atoms. The van der Waals surface area contributed by atoms with E-state index in [0.29, 0.717) is 49.5 Å².